The van der Waals surface area contributed by atoms with Gasteiger partial charge >= 0.3 is 6.18 Å². The van der Waals surface area contributed by atoms with E-state index in [0.29, 0.717) is 0 Å². The molecule has 1 heterocycles. The van der Waals surface area contributed by atoms with Crippen molar-refractivity contribution in [2.75, 3.05) is 13.1 Å². The highest BCUT2D eigenvalue weighted by atomic mass is 19.4. The van der Waals surface area contributed by atoms with E-state index < -0.39 is 17.5 Å². The lowest BCUT2D eigenvalue weighted by atomic mass is 9.91. The smallest absolute Gasteiger partial charge is 0.342 e. The van der Waals surface area contributed by atoms with Crippen LogP contribution in [0.15, 0.2) is 0 Å². The Balaban J connectivity index is 2.53. The Kier molecular flexibility index (Phi) is 3.55. The molecular formula is C11H18F3NO. The van der Waals surface area contributed by atoms with E-state index in [9.17, 15) is 18.0 Å². The van der Waals surface area contributed by atoms with Crippen molar-refractivity contribution in [1.82, 2.24) is 4.90 Å². The summed E-state index contributed by atoms with van der Waals surface area (Å²) in [5.41, 5.74) is -0.509. The van der Waals surface area contributed by atoms with Gasteiger partial charge < -0.3 is 4.90 Å². The zero-order chi connectivity index (χ0) is 12.6. The van der Waals surface area contributed by atoms with Crippen LogP contribution < -0.4 is 0 Å². The Hall–Kier alpha value is -0.740. The van der Waals surface area contributed by atoms with E-state index in [1.54, 1.807) is 25.7 Å². The van der Waals surface area contributed by atoms with Crippen LogP contribution in [0, 0.1) is 11.3 Å². The van der Waals surface area contributed by atoms with E-state index in [4.69, 9.17) is 0 Å². The summed E-state index contributed by atoms with van der Waals surface area (Å²) in [4.78, 5) is 13.4. The first-order chi connectivity index (χ1) is 7.12. The molecule has 0 radical (unpaired) electrons. The van der Waals surface area contributed by atoms with Crippen molar-refractivity contribution in [1.29, 1.82) is 0 Å². The first-order valence-electron chi connectivity index (χ1n) is 5.48. The Morgan fingerprint density at radius 1 is 1.12 bits per heavy atom. The predicted octanol–water partition coefficient (Wildman–Crippen LogP) is 2.83. The van der Waals surface area contributed by atoms with E-state index in [0.717, 1.165) is 0 Å². The van der Waals surface area contributed by atoms with Crippen LogP contribution >= 0.6 is 0 Å². The molecule has 0 aromatic rings. The predicted molar refractivity (Wildman–Crippen MR) is 54.8 cm³/mol. The Bertz CT molecular complexity index is 259. The third kappa shape index (κ3) is 3.12. The first-order valence-corrected chi connectivity index (χ1v) is 5.48. The average Bonchev–Trinajstić information content (AvgIpc) is 2.14. The van der Waals surface area contributed by atoms with Crippen molar-refractivity contribution in [3.05, 3.63) is 0 Å². The minimum absolute atomic E-state index is 0.0331. The van der Waals surface area contributed by atoms with E-state index in [-0.39, 0.29) is 31.8 Å². The number of halogens is 3. The largest absolute Gasteiger partial charge is 0.391 e. The first kappa shape index (κ1) is 13.3. The molecule has 5 heteroatoms. The maximum Gasteiger partial charge on any atom is 0.391 e. The number of likely N-dealkylation sites (tertiary alicyclic amines) is 1. The summed E-state index contributed by atoms with van der Waals surface area (Å²) in [6, 6.07) is 0. The number of amides is 1. The summed E-state index contributed by atoms with van der Waals surface area (Å²) in [6.07, 6.45) is -4.05. The van der Waals surface area contributed by atoms with Crippen molar-refractivity contribution in [3.8, 4) is 0 Å². The van der Waals surface area contributed by atoms with Crippen molar-refractivity contribution < 1.29 is 18.0 Å². The van der Waals surface area contributed by atoms with E-state index in [2.05, 4.69) is 0 Å². The molecule has 0 N–H and O–H groups in total. The van der Waals surface area contributed by atoms with Gasteiger partial charge in [0.25, 0.3) is 0 Å². The standard InChI is InChI=1S/C11H18F3NO/c1-10(2,3)9(16)15-6-4-8(5-7-15)11(12,13)14/h8H,4-7H2,1-3H3. The highest BCUT2D eigenvalue weighted by molar-refractivity contribution is 5.81. The fourth-order valence-electron chi connectivity index (χ4n) is 1.88. The molecule has 0 aromatic heterocycles. The van der Waals surface area contributed by atoms with Crippen LogP contribution in [0.5, 0.6) is 0 Å². The molecule has 1 amide bonds. The van der Waals surface area contributed by atoms with Crippen LogP contribution in [-0.4, -0.2) is 30.1 Å². The summed E-state index contributed by atoms with van der Waals surface area (Å²) < 4.78 is 37.2. The molecule has 0 bridgehead atoms. The van der Waals surface area contributed by atoms with Gasteiger partial charge in [0.15, 0.2) is 0 Å². The average molecular weight is 237 g/mol. The number of hydrogen-bond acceptors (Lipinski definition) is 1. The zero-order valence-electron chi connectivity index (χ0n) is 9.90. The lowest BCUT2D eigenvalue weighted by Gasteiger charge is -2.36. The molecule has 1 fully saturated rings. The number of hydrogen-bond donors (Lipinski definition) is 0. The Labute approximate surface area is 93.8 Å². The number of carbonyl (C=O) groups excluding carboxylic acids is 1. The maximum absolute atomic E-state index is 12.4. The fraction of sp³-hybridized carbons (Fsp3) is 0.909. The summed E-state index contributed by atoms with van der Waals surface area (Å²) >= 11 is 0. The molecular weight excluding hydrogens is 219 g/mol. The topological polar surface area (TPSA) is 20.3 Å². The van der Waals surface area contributed by atoms with Crippen LogP contribution in [0.25, 0.3) is 0 Å². The van der Waals surface area contributed by atoms with Crippen molar-refractivity contribution in [3.63, 3.8) is 0 Å². The van der Waals surface area contributed by atoms with Gasteiger partial charge in [-0.15, -0.1) is 0 Å². The van der Waals surface area contributed by atoms with Gasteiger partial charge in [-0.2, -0.15) is 13.2 Å². The third-order valence-corrected chi connectivity index (χ3v) is 2.89. The molecule has 0 saturated carbocycles. The Morgan fingerprint density at radius 3 is 1.88 bits per heavy atom. The molecule has 1 rings (SSSR count). The molecule has 0 unspecified atom stereocenters. The molecule has 0 aliphatic carbocycles. The summed E-state index contributed by atoms with van der Waals surface area (Å²) in [6.45, 7) is 5.79. The normalized spacial score (nSPS) is 20.0. The van der Waals surface area contributed by atoms with Gasteiger partial charge in [-0.05, 0) is 12.8 Å². The minimum Gasteiger partial charge on any atom is -0.342 e. The van der Waals surface area contributed by atoms with Crippen molar-refractivity contribution in [2.45, 2.75) is 39.8 Å². The third-order valence-electron chi connectivity index (χ3n) is 2.89. The summed E-state index contributed by atoms with van der Waals surface area (Å²) in [5.74, 6) is -1.30. The lowest BCUT2D eigenvalue weighted by Crippen LogP contribution is -2.46. The van der Waals surface area contributed by atoms with Crippen molar-refractivity contribution in [2.24, 2.45) is 11.3 Å². The van der Waals surface area contributed by atoms with Gasteiger partial charge in [0.2, 0.25) is 5.91 Å². The van der Waals surface area contributed by atoms with Crippen LogP contribution in [0.3, 0.4) is 0 Å². The molecule has 0 spiro atoms. The quantitative estimate of drug-likeness (QED) is 0.634. The van der Waals surface area contributed by atoms with E-state index >= 15 is 0 Å². The lowest BCUT2D eigenvalue weighted by molar-refractivity contribution is -0.187. The van der Waals surface area contributed by atoms with Gasteiger partial charge in [0.05, 0.1) is 5.92 Å². The monoisotopic (exact) mass is 237 g/mol. The number of piperidine rings is 1. The zero-order valence-corrected chi connectivity index (χ0v) is 9.90. The molecule has 94 valence electrons. The van der Waals surface area contributed by atoms with Crippen LogP contribution in [0.4, 0.5) is 13.2 Å². The van der Waals surface area contributed by atoms with Crippen LogP contribution in [0.1, 0.15) is 33.6 Å². The summed E-state index contributed by atoms with van der Waals surface area (Å²) in [5, 5.41) is 0. The molecule has 0 atom stereocenters. The molecule has 1 aliphatic rings. The van der Waals surface area contributed by atoms with Crippen molar-refractivity contribution >= 4 is 5.91 Å². The second-order valence-corrected chi connectivity index (χ2v) is 5.36. The van der Waals surface area contributed by atoms with E-state index in [1.807, 2.05) is 0 Å². The van der Waals surface area contributed by atoms with Crippen LogP contribution in [0.2, 0.25) is 0 Å². The second kappa shape index (κ2) is 4.26. The number of rotatable bonds is 0. The highest BCUT2D eigenvalue weighted by Gasteiger charge is 2.42. The second-order valence-electron chi connectivity index (χ2n) is 5.36. The van der Waals surface area contributed by atoms with Gasteiger partial charge in [-0.25, -0.2) is 0 Å². The number of alkyl halides is 3. The SMILES string of the molecule is CC(C)(C)C(=O)N1CCC(C(F)(F)F)CC1. The Morgan fingerprint density at radius 2 is 1.56 bits per heavy atom. The molecule has 2 nitrogen and oxygen atoms in total. The highest BCUT2D eigenvalue weighted by Crippen LogP contribution is 2.34. The fourth-order valence-corrected chi connectivity index (χ4v) is 1.88. The number of carbonyl (C=O) groups is 1. The van der Waals surface area contributed by atoms with Gasteiger partial charge in [0.1, 0.15) is 0 Å². The van der Waals surface area contributed by atoms with Gasteiger partial charge in [-0.3, -0.25) is 4.79 Å². The molecule has 1 saturated heterocycles. The minimum atomic E-state index is -4.11. The van der Waals surface area contributed by atoms with Gasteiger partial charge in [-0.1, -0.05) is 20.8 Å². The number of nitrogens with zero attached hydrogens (tertiary/aromatic N) is 1. The van der Waals surface area contributed by atoms with Crippen LogP contribution in [-0.2, 0) is 4.79 Å². The molecule has 1 aliphatic heterocycles. The summed E-state index contributed by atoms with van der Waals surface area (Å²) in [7, 11) is 0. The molecule has 16 heavy (non-hydrogen) atoms. The van der Waals surface area contributed by atoms with E-state index in [1.165, 1.54) is 0 Å². The van der Waals surface area contributed by atoms with Gasteiger partial charge in [0, 0.05) is 18.5 Å². The maximum atomic E-state index is 12.4. The molecule has 0 aromatic carbocycles.